The molecule has 0 fully saturated rings. The van der Waals surface area contributed by atoms with Crippen LogP contribution in [0.15, 0.2) is 59.2 Å². The topological polar surface area (TPSA) is 39.9 Å². The summed E-state index contributed by atoms with van der Waals surface area (Å²) in [6.45, 7) is 0. The predicted molar refractivity (Wildman–Crippen MR) is 81.0 cm³/mol. The van der Waals surface area contributed by atoms with E-state index < -0.39 is 0 Å². The van der Waals surface area contributed by atoms with Crippen molar-refractivity contribution < 1.29 is 4.74 Å². The molecule has 0 unspecified atom stereocenters. The van der Waals surface area contributed by atoms with Crippen LogP contribution in [0.2, 0.25) is 0 Å². The molecule has 100 valence electrons. The van der Waals surface area contributed by atoms with Crippen LogP contribution in [-0.2, 0) is 0 Å². The zero-order valence-corrected chi connectivity index (χ0v) is 12.4. The minimum Gasteiger partial charge on any atom is -0.497 e. The molecule has 0 aliphatic carbocycles. The molecule has 0 saturated carbocycles. The van der Waals surface area contributed by atoms with Gasteiger partial charge in [0.2, 0.25) is 0 Å². The number of benzene rings is 2. The van der Waals surface area contributed by atoms with E-state index in [1.165, 1.54) is 0 Å². The minimum absolute atomic E-state index is 0.816. The van der Waals surface area contributed by atoms with E-state index in [0.717, 1.165) is 27.2 Å². The lowest BCUT2D eigenvalue weighted by Crippen LogP contribution is -1.99. The van der Waals surface area contributed by atoms with Gasteiger partial charge in [0.1, 0.15) is 5.75 Å². The van der Waals surface area contributed by atoms with E-state index >= 15 is 0 Å². The number of hydrogen-bond donors (Lipinski definition) is 0. The van der Waals surface area contributed by atoms with Crippen LogP contribution in [0, 0.1) is 0 Å². The molecule has 0 aliphatic rings. The minimum atomic E-state index is 0.816. The third-order valence-electron chi connectivity index (χ3n) is 3.02. The molecule has 0 amide bonds. The summed E-state index contributed by atoms with van der Waals surface area (Å²) in [6, 6.07) is 15.7. The van der Waals surface area contributed by atoms with Crippen molar-refractivity contribution in [1.82, 2.24) is 15.0 Å². The summed E-state index contributed by atoms with van der Waals surface area (Å²) in [7, 11) is 1.65. The van der Waals surface area contributed by atoms with Crippen molar-refractivity contribution >= 4 is 15.9 Å². The maximum absolute atomic E-state index is 5.17. The first-order valence-corrected chi connectivity index (χ1v) is 6.89. The molecule has 0 spiro atoms. The Balaban J connectivity index is 2.08. The molecule has 20 heavy (non-hydrogen) atoms. The fraction of sp³-hybridized carbons (Fsp3) is 0.0667. The standard InChI is InChI=1S/C15H12BrN3O/c1-20-12-8-6-11(7-9-12)19-15(10-17-18-19)13-4-2-3-5-14(13)16/h2-10H,1H3. The summed E-state index contributed by atoms with van der Waals surface area (Å²) in [6.07, 6.45) is 1.75. The van der Waals surface area contributed by atoms with E-state index in [4.69, 9.17) is 4.74 Å². The van der Waals surface area contributed by atoms with E-state index in [0.29, 0.717) is 0 Å². The molecular formula is C15H12BrN3O. The zero-order valence-electron chi connectivity index (χ0n) is 10.8. The zero-order chi connectivity index (χ0) is 13.9. The normalized spacial score (nSPS) is 10.5. The van der Waals surface area contributed by atoms with Crippen LogP contribution in [0.1, 0.15) is 0 Å². The van der Waals surface area contributed by atoms with Gasteiger partial charge in [-0.3, -0.25) is 0 Å². The van der Waals surface area contributed by atoms with Crippen LogP contribution < -0.4 is 4.74 Å². The van der Waals surface area contributed by atoms with Gasteiger partial charge in [0.15, 0.2) is 0 Å². The Labute approximate surface area is 125 Å². The third-order valence-corrected chi connectivity index (χ3v) is 3.71. The highest BCUT2D eigenvalue weighted by atomic mass is 79.9. The van der Waals surface area contributed by atoms with Gasteiger partial charge in [-0.05, 0) is 30.3 Å². The SMILES string of the molecule is COc1ccc(-n2nncc2-c2ccccc2Br)cc1. The van der Waals surface area contributed by atoms with E-state index in [2.05, 4.69) is 26.2 Å². The molecule has 3 aromatic rings. The second kappa shape index (κ2) is 5.46. The van der Waals surface area contributed by atoms with Crippen molar-refractivity contribution in [2.24, 2.45) is 0 Å². The summed E-state index contributed by atoms with van der Waals surface area (Å²) in [4.78, 5) is 0. The van der Waals surface area contributed by atoms with Crippen LogP contribution >= 0.6 is 15.9 Å². The van der Waals surface area contributed by atoms with Gasteiger partial charge < -0.3 is 4.74 Å². The Bertz CT molecular complexity index is 722. The van der Waals surface area contributed by atoms with Crippen molar-refractivity contribution in [2.45, 2.75) is 0 Å². The molecule has 0 N–H and O–H groups in total. The van der Waals surface area contributed by atoms with E-state index in [1.54, 1.807) is 18.0 Å². The van der Waals surface area contributed by atoms with Crippen LogP contribution in [-0.4, -0.2) is 22.1 Å². The predicted octanol–water partition coefficient (Wildman–Crippen LogP) is 3.71. The lowest BCUT2D eigenvalue weighted by atomic mass is 10.1. The highest BCUT2D eigenvalue weighted by Gasteiger charge is 2.11. The lowest BCUT2D eigenvalue weighted by molar-refractivity contribution is 0.414. The van der Waals surface area contributed by atoms with Gasteiger partial charge in [-0.25, -0.2) is 4.68 Å². The van der Waals surface area contributed by atoms with E-state index in [1.807, 2.05) is 48.5 Å². The first kappa shape index (κ1) is 12.9. The van der Waals surface area contributed by atoms with Crippen LogP contribution in [0.5, 0.6) is 5.75 Å². The average Bonchev–Trinajstić information content (AvgIpc) is 2.97. The van der Waals surface area contributed by atoms with Crippen LogP contribution in [0.4, 0.5) is 0 Å². The fourth-order valence-corrected chi connectivity index (χ4v) is 2.49. The number of ether oxygens (including phenoxy) is 1. The Morgan fingerprint density at radius 3 is 2.50 bits per heavy atom. The first-order chi connectivity index (χ1) is 9.79. The van der Waals surface area contributed by atoms with Crippen molar-refractivity contribution in [2.75, 3.05) is 7.11 Å². The molecule has 1 heterocycles. The number of halogens is 1. The van der Waals surface area contributed by atoms with E-state index in [9.17, 15) is 0 Å². The van der Waals surface area contributed by atoms with Gasteiger partial charge in [-0.15, -0.1) is 5.10 Å². The lowest BCUT2D eigenvalue weighted by Gasteiger charge is -2.08. The Morgan fingerprint density at radius 1 is 1.05 bits per heavy atom. The molecular weight excluding hydrogens is 318 g/mol. The summed E-state index contributed by atoms with van der Waals surface area (Å²) in [5, 5.41) is 8.18. The first-order valence-electron chi connectivity index (χ1n) is 6.09. The van der Waals surface area contributed by atoms with Crippen LogP contribution in [0.3, 0.4) is 0 Å². The largest absolute Gasteiger partial charge is 0.497 e. The monoisotopic (exact) mass is 329 g/mol. The molecule has 2 aromatic carbocycles. The Hall–Kier alpha value is -2.14. The van der Waals surface area contributed by atoms with Gasteiger partial charge in [0.05, 0.1) is 24.7 Å². The highest BCUT2D eigenvalue weighted by Crippen LogP contribution is 2.29. The van der Waals surface area contributed by atoms with E-state index in [-0.39, 0.29) is 0 Å². The smallest absolute Gasteiger partial charge is 0.119 e. The summed E-state index contributed by atoms with van der Waals surface area (Å²) < 4.78 is 7.98. The van der Waals surface area contributed by atoms with Crippen molar-refractivity contribution in [3.05, 3.63) is 59.2 Å². The molecule has 3 rings (SSSR count). The van der Waals surface area contributed by atoms with Gasteiger partial charge >= 0.3 is 0 Å². The maximum atomic E-state index is 5.17. The molecule has 1 aromatic heterocycles. The Morgan fingerprint density at radius 2 is 1.80 bits per heavy atom. The molecule has 0 atom stereocenters. The third kappa shape index (κ3) is 2.32. The number of nitrogens with zero attached hydrogens (tertiary/aromatic N) is 3. The van der Waals surface area contributed by atoms with Crippen molar-refractivity contribution in [3.63, 3.8) is 0 Å². The van der Waals surface area contributed by atoms with Crippen LogP contribution in [0.25, 0.3) is 16.9 Å². The fourth-order valence-electron chi connectivity index (χ4n) is 2.00. The van der Waals surface area contributed by atoms with Gasteiger partial charge in [-0.2, -0.15) is 0 Å². The molecule has 5 heteroatoms. The molecule has 0 aliphatic heterocycles. The number of rotatable bonds is 3. The van der Waals surface area contributed by atoms with Gasteiger partial charge in [0.25, 0.3) is 0 Å². The number of methoxy groups -OCH3 is 1. The molecule has 0 saturated heterocycles. The van der Waals surface area contributed by atoms with Gasteiger partial charge in [0, 0.05) is 10.0 Å². The maximum Gasteiger partial charge on any atom is 0.119 e. The second-order valence-corrected chi connectivity index (χ2v) is 5.06. The highest BCUT2D eigenvalue weighted by molar-refractivity contribution is 9.10. The molecule has 0 bridgehead atoms. The quantitative estimate of drug-likeness (QED) is 0.735. The summed E-state index contributed by atoms with van der Waals surface area (Å²) in [5.41, 5.74) is 2.92. The summed E-state index contributed by atoms with van der Waals surface area (Å²) >= 11 is 3.56. The average molecular weight is 330 g/mol. The van der Waals surface area contributed by atoms with Crippen molar-refractivity contribution in [1.29, 1.82) is 0 Å². The number of hydrogen-bond acceptors (Lipinski definition) is 3. The Kier molecular flexibility index (Phi) is 3.52. The van der Waals surface area contributed by atoms with Gasteiger partial charge in [-0.1, -0.05) is 39.3 Å². The molecule has 0 radical (unpaired) electrons. The second-order valence-electron chi connectivity index (χ2n) is 4.21. The van der Waals surface area contributed by atoms with Crippen molar-refractivity contribution in [3.8, 4) is 22.7 Å². The molecule has 4 nitrogen and oxygen atoms in total. The summed E-state index contributed by atoms with van der Waals surface area (Å²) in [5.74, 6) is 0.816. The number of aromatic nitrogens is 3.